The summed E-state index contributed by atoms with van der Waals surface area (Å²) in [5, 5.41) is 23.4. The minimum atomic E-state index is -0.679. The van der Waals surface area contributed by atoms with Gasteiger partial charge in [0.1, 0.15) is 0 Å². The Morgan fingerprint density at radius 3 is 0.897 bits per heavy atom. The summed E-state index contributed by atoms with van der Waals surface area (Å²) in [5.41, 5.74) is 0. The van der Waals surface area contributed by atoms with Gasteiger partial charge in [0.05, 0.1) is 25.4 Å². The highest BCUT2D eigenvalue weighted by Crippen LogP contribution is 2.19. The molecule has 1 amide bonds. The molecule has 6 heteroatoms. The number of nitrogens with one attached hydrogen (secondary N) is 1. The number of hydrogen-bond donors (Lipinski definition) is 3. The maximum Gasteiger partial charge on any atom is 0.305 e. The first-order valence-corrected chi connectivity index (χ1v) is 31.3. The van der Waals surface area contributed by atoms with Crippen LogP contribution in [0.15, 0.2) is 0 Å². The molecule has 0 bridgehead atoms. The Morgan fingerprint density at radius 1 is 0.353 bits per heavy atom. The number of ether oxygens (including phenoxy) is 1. The minimum Gasteiger partial charge on any atom is -0.466 e. The Bertz CT molecular complexity index is 975. The highest BCUT2D eigenvalue weighted by molar-refractivity contribution is 5.76. The molecule has 0 fully saturated rings. The molecule has 0 spiro atoms. The first-order chi connectivity index (χ1) is 33.5. The van der Waals surface area contributed by atoms with E-state index in [1.807, 2.05) is 0 Å². The van der Waals surface area contributed by atoms with E-state index in [1.54, 1.807) is 0 Å². The van der Waals surface area contributed by atoms with Crippen molar-refractivity contribution >= 4 is 11.9 Å². The molecule has 0 heterocycles. The summed E-state index contributed by atoms with van der Waals surface area (Å²) in [6, 6.07) is -0.558. The molecule has 6 nitrogen and oxygen atoms in total. The molecule has 0 rings (SSSR count). The third-order valence-electron chi connectivity index (χ3n) is 14.9. The quantitative estimate of drug-likeness (QED) is 0.0417. The second-order valence-corrected chi connectivity index (χ2v) is 21.8. The summed E-state index contributed by atoms with van der Waals surface area (Å²) >= 11 is 0. The lowest BCUT2D eigenvalue weighted by atomic mass is 10.0. The van der Waals surface area contributed by atoms with Gasteiger partial charge in [0.2, 0.25) is 5.91 Å². The number of carbonyl (C=O) groups excluding carboxylic acids is 2. The molecule has 0 aromatic carbocycles. The van der Waals surface area contributed by atoms with Gasteiger partial charge in [-0.05, 0) is 25.7 Å². The van der Waals surface area contributed by atoms with Crippen molar-refractivity contribution in [1.82, 2.24) is 5.32 Å². The standard InChI is InChI=1S/C62H123NO5/c1-3-5-7-9-11-13-15-17-19-21-22-23-24-25-26-27-29-30-32-34-38-42-46-50-54-60(65)59(58-64)63-61(66)55-51-47-43-39-36-37-41-45-49-53-57-68-62(67)56-52-48-44-40-35-33-31-28-20-18-16-14-12-10-8-6-4-2/h59-60,64-65H,3-58H2,1-2H3,(H,63,66). The molecule has 0 aliphatic heterocycles. The van der Waals surface area contributed by atoms with E-state index >= 15 is 0 Å². The highest BCUT2D eigenvalue weighted by atomic mass is 16.5. The molecular weight excluding hydrogens is 839 g/mol. The SMILES string of the molecule is CCCCCCCCCCCCCCCCCCCCCCCCCCC(O)C(CO)NC(=O)CCCCCCCCCCCCOC(=O)CCCCCCCCCCCCCCCCCCC. The zero-order chi connectivity index (χ0) is 49.3. The maximum absolute atomic E-state index is 12.5. The highest BCUT2D eigenvalue weighted by Gasteiger charge is 2.20. The summed E-state index contributed by atoms with van der Waals surface area (Å²) in [6.45, 7) is 4.95. The fourth-order valence-corrected chi connectivity index (χ4v) is 10.1. The molecule has 0 aliphatic carbocycles. The molecule has 2 unspecified atom stereocenters. The third kappa shape index (κ3) is 54.2. The normalized spacial score (nSPS) is 12.5. The third-order valence-corrected chi connectivity index (χ3v) is 14.9. The Balaban J connectivity index is 3.43. The van der Waals surface area contributed by atoms with Crippen LogP contribution in [0.4, 0.5) is 0 Å². The van der Waals surface area contributed by atoms with E-state index in [1.165, 1.54) is 270 Å². The van der Waals surface area contributed by atoms with Crippen LogP contribution in [0.5, 0.6) is 0 Å². The Kier molecular flexibility index (Phi) is 57.5. The molecule has 0 radical (unpaired) electrons. The van der Waals surface area contributed by atoms with E-state index in [4.69, 9.17) is 4.74 Å². The molecule has 0 aliphatic rings. The van der Waals surface area contributed by atoms with Crippen molar-refractivity contribution < 1.29 is 24.5 Å². The maximum atomic E-state index is 12.5. The van der Waals surface area contributed by atoms with E-state index in [9.17, 15) is 19.8 Å². The van der Waals surface area contributed by atoms with Gasteiger partial charge in [-0.15, -0.1) is 0 Å². The molecule has 0 saturated heterocycles. The summed E-state index contributed by atoms with van der Waals surface area (Å²) < 4.78 is 5.48. The number of hydrogen-bond acceptors (Lipinski definition) is 5. The first-order valence-electron chi connectivity index (χ1n) is 31.3. The van der Waals surface area contributed by atoms with Crippen molar-refractivity contribution in [2.75, 3.05) is 13.2 Å². The molecule has 68 heavy (non-hydrogen) atoms. The van der Waals surface area contributed by atoms with Gasteiger partial charge in [-0.1, -0.05) is 322 Å². The van der Waals surface area contributed by atoms with E-state index < -0.39 is 12.1 Å². The van der Waals surface area contributed by atoms with Gasteiger partial charge in [-0.25, -0.2) is 0 Å². The van der Waals surface area contributed by atoms with Gasteiger partial charge in [0.15, 0.2) is 0 Å². The van der Waals surface area contributed by atoms with Crippen LogP contribution in [0.2, 0.25) is 0 Å². The Hall–Kier alpha value is -1.14. The minimum absolute atomic E-state index is 0.0130. The van der Waals surface area contributed by atoms with E-state index in [0.29, 0.717) is 25.9 Å². The first kappa shape index (κ1) is 66.9. The number of esters is 1. The summed E-state index contributed by atoms with van der Waals surface area (Å²) in [7, 11) is 0. The molecule has 0 saturated carbocycles. The van der Waals surface area contributed by atoms with Gasteiger partial charge in [-0.2, -0.15) is 0 Å². The number of aliphatic hydroxyl groups excluding tert-OH is 2. The van der Waals surface area contributed by atoms with Crippen LogP contribution in [-0.4, -0.2) is 47.4 Å². The van der Waals surface area contributed by atoms with Crippen LogP contribution in [0, 0.1) is 0 Å². The van der Waals surface area contributed by atoms with Crippen molar-refractivity contribution in [2.45, 2.75) is 373 Å². The number of amides is 1. The largest absolute Gasteiger partial charge is 0.466 e. The molecule has 0 aromatic heterocycles. The van der Waals surface area contributed by atoms with Crippen molar-refractivity contribution in [3.8, 4) is 0 Å². The Morgan fingerprint density at radius 2 is 0.603 bits per heavy atom. The molecule has 406 valence electrons. The lowest BCUT2D eigenvalue weighted by molar-refractivity contribution is -0.143. The number of carbonyl (C=O) groups is 2. The van der Waals surface area contributed by atoms with Crippen molar-refractivity contribution in [3.63, 3.8) is 0 Å². The predicted octanol–water partition coefficient (Wildman–Crippen LogP) is 19.5. The lowest BCUT2D eigenvalue weighted by Gasteiger charge is -2.22. The second kappa shape index (κ2) is 58.4. The van der Waals surface area contributed by atoms with Crippen LogP contribution in [0.1, 0.15) is 361 Å². The fraction of sp³-hybridized carbons (Fsp3) is 0.968. The van der Waals surface area contributed by atoms with Gasteiger partial charge in [-0.3, -0.25) is 9.59 Å². The van der Waals surface area contributed by atoms with Gasteiger partial charge < -0.3 is 20.3 Å². The topological polar surface area (TPSA) is 95.9 Å². The van der Waals surface area contributed by atoms with Crippen LogP contribution in [0.3, 0.4) is 0 Å². The number of unbranched alkanes of at least 4 members (excludes halogenated alkanes) is 48. The smallest absolute Gasteiger partial charge is 0.305 e. The van der Waals surface area contributed by atoms with Crippen molar-refractivity contribution in [3.05, 3.63) is 0 Å². The van der Waals surface area contributed by atoms with Gasteiger partial charge in [0, 0.05) is 12.8 Å². The second-order valence-electron chi connectivity index (χ2n) is 21.8. The summed E-state index contributed by atoms with van der Waals surface area (Å²) in [4.78, 5) is 24.6. The Labute approximate surface area is 426 Å². The van der Waals surface area contributed by atoms with Gasteiger partial charge >= 0.3 is 5.97 Å². The van der Waals surface area contributed by atoms with Crippen LogP contribution >= 0.6 is 0 Å². The van der Waals surface area contributed by atoms with Crippen LogP contribution < -0.4 is 5.32 Å². The fourth-order valence-electron chi connectivity index (χ4n) is 10.1. The molecular formula is C62H123NO5. The summed E-state index contributed by atoms with van der Waals surface area (Å²) in [5.74, 6) is -0.0650. The number of aliphatic hydroxyl groups is 2. The van der Waals surface area contributed by atoms with Crippen molar-refractivity contribution in [2.24, 2.45) is 0 Å². The molecule has 3 N–H and O–H groups in total. The molecule has 0 aromatic rings. The van der Waals surface area contributed by atoms with Crippen LogP contribution in [0.25, 0.3) is 0 Å². The number of rotatable bonds is 59. The van der Waals surface area contributed by atoms with E-state index in [-0.39, 0.29) is 18.5 Å². The summed E-state index contributed by atoms with van der Waals surface area (Å²) in [6.07, 6.45) is 68.2. The zero-order valence-electron chi connectivity index (χ0n) is 46.4. The molecule has 2 atom stereocenters. The zero-order valence-corrected chi connectivity index (χ0v) is 46.4. The van der Waals surface area contributed by atoms with E-state index in [2.05, 4.69) is 19.2 Å². The monoisotopic (exact) mass is 962 g/mol. The lowest BCUT2D eigenvalue weighted by Crippen LogP contribution is -2.45. The van der Waals surface area contributed by atoms with Crippen LogP contribution in [-0.2, 0) is 14.3 Å². The van der Waals surface area contributed by atoms with E-state index in [0.717, 1.165) is 57.8 Å². The van der Waals surface area contributed by atoms with Gasteiger partial charge in [0.25, 0.3) is 0 Å². The average Bonchev–Trinajstić information content (AvgIpc) is 3.34. The predicted molar refractivity (Wildman–Crippen MR) is 297 cm³/mol. The van der Waals surface area contributed by atoms with Crippen molar-refractivity contribution in [1.29, 1.82) is 0 Å². The average molecular weight is 963 g/mol.